The van der Waals surface area contributed by atoms with E-state index in [-0.39, 0.29) is 24.0 Å². The van der Waals surface area contributed by atoms with Gasteiger partial charge in [-0.2, -0.15) is 0 Å². The molecular formula is C29H26N2O3S. The minimum atomic E-state index is -0.879. The second-order valence-corrected chi connectivity index (χ2v) is 9.17. The van der Waals surface area contributed by atoms with Gasteiger partial charge in [0.05, 0.1) is 6.42 Å². The number of amides is 2. The maximum absolute atomic E-state index is 13.7. The number of thiophene rings is 1. The van der Waals surface area contributed by atoms with Crippen LogP contribution >= 0.6 is 11.3 Å². The Labute approximate surface area is 209 Å². The summed E-state index contributed by atoms with van der Waals surface area (Å²) in [6.45, 7) is 1.84. The second kappa shape index (κ2) is 11.4. The zero-order valence-corrected chi connectivity index (χ0v) is 20.2. The molecule has 2 amide bonds. The highest BCUT2D eigenvalue weighted by atomic mass is 32.1. The van der Waals surface area contributed by atoms with E-state index in [0.717, 1.165) is 10.4 Å². The highest BCUT2D eigenvalue weighted by molar-refractivity contribution is 7.10. The van der Waals surface area contributed by atoms with Crippen molar-refractivity contribution in [1.82, 2.24) is 5.32 Å². The van der Waals surface area contributed by atoms with Gasteiger partial charge in [0.2, 0.25) is 11.8 Å². The van der Waals surface area contributed by atoms with E-state index in [0.29, 0.717) is 23.4 Å². The maximum atomic E-state index is 13.7. The Kier molecular flexibility index (Phi) is 7.85. The molecule has 0 spiro atoms. The van der Waals surface area contributed by atoms with Gasteiger partial charge in [-0.1, -0.05) is 66.7 Å². The molecule has 1 aromatic heterocycles. The maximum Gasteiger partial charge on any atom is 0.248 e. The number of hydrogen-bond donors (Lipinski definition) is 1. The number of carbonyl (C=O) groups excluding carboxylic acids is 3. The zero-order chi connectivity index (χ0) is 24.6. The van der Waals surface area contributed by atoms with Gasteiger partial charge in [-0.15, -0.1) is 11.3 Å². The van der Waals surface area contributed by atoms with Crippen LogP contribution in [0.15, 0.2) is 102 Å². The fourth-order valence-corrected chi connectivity index (χ4v) is 4.57. The van der Waals surface area contributed by atoms with Gasteiger partial charge in [0.15, 0.2) is 5.78 Å². The van der Waals surface area contributed by atoms with E-state index in [2.05, 4.69) is 5.32 Å². The van der Waals surface area contributed by atoms with Crippen LogP contribution in [0.4, 0.5) is 5.69 Å². The SMILES string of the molecule is CC(=O)c1ccc(N(C(=O)Cc2cccs2)C(C(=O)NCc2ccccc2)c2ccccc2)cc1. The summed E-state index contributed by atoms with van der Waals surface area (Å²) in [6.07, 6.45) is 0.168. The molecular weight excluding hydrogens is 456 g/mol. The van der Waals surface area contributed by atoms with E-state index >= 15 is 0 Å². The van der Waals surface area contributed by atoms with Crippen molar-refractivity contribution >= 4 is 34.6 Å². The fourth-order valence-electron chi connectivity index (χ4n) is 3.88. The Morgan fingerprint density at radius 2 is 1.49 bits per heavy atom. The summed E-state index contributed by atoms with van der Waals surface area (Å²) in [5.41, 5.74) is 2.77. The molecule has 4 rings (SSSR count). The van der Waals surface area contributed by atoms with Gasteiger partial charge in [-0.25, -0.2) is 0 Å². The lowest BCUT2D eigenvalue weighted by Gasteiger charge is -2.31. The van der Waals surface area contributed by atoms with Gasteiger partial charge in [0, 0.05) is 22.7 Å². The molecule has 3 aromatic carbocycles. The predicted molar refractivity (Wildman–Crippen MR) is 139 cm³/mol. The summed E-state index contributed by atoms with van der Waals surface area (Å²) in [5.74, 6) is -0.546. The Balaban J connectivity index is 1.72. The molecule has 0 radical (unpaired) electrons. The molecule has 1 unspecified atom stereocenters. The first-order chi connectivity index (χ1) is 17.0. The van der Waals surface area contributed by atoms with Crippen LogP contribution in [0, 0.1) is 0 Å². The lowest BCUT2D eigenvalue weighted by molar-refractivity contribution is -0.126. The third-order valence-corrected chi connectivity index (χ3v) is 6.53. The largest absolute Gasteiger partial charge is 0.350 e. The molecule has 0 aliphatic rings. The van der Waals surface area contributed by atoms with Crippen LogP contribution in [-0.2, 0) is 22.6 Å². The number of hydrogen-bond acceptors (Lipinski definition) is 4. The molecule has 176 valence electrons. The van der Waals surface area contributed by atoms with Crippen LogP contribution in [-0.4, -0.2) is 17.6 Å². The molecule has 0 aliphatic heterocycles. The topological polar surface area (TPSA) is 66.5 Å². The molecule has 0 aliphatic carbocycles. The molecule has 1 atom stereocenters. The Bertz CT molecular complexity index is 1270. The van der Waals surface area contributed by atoms with Crippen LogP contribution in [0.3, 0.4) is 0 Å². The monoisotopic (exact) mass is 482 g/mol. The van der Waals surface area contributed by atoms with Crippen LogP contribution in [0.2, 0.25) is 0 Å². The first-order valence-electron chi connectivity index (χ1n) is 11.3. The minimum absolute atomic E-state index is 0.0618. The van der Waals surface area contributed by atoms with Gasteiger partial charge in [-0.3, -0.25) is 19.3 Å². The molecule has 4 aromatic rings. The average molecular weight is 483 g/mol. The van der Waals surface area contributed by atoms with Gasteiger partial charge in [0.25, 0.3) is 0 Å². The number of ketones is 1. The van der Waals surface area contributed by atoms with Crippen molar-refractivity contribution < 1.29 is 14.4 Å². The van der Waals surface area contributed by atoms with Crippen molar-refractivity contribution in [1.29, 1.82) is 0 Å². The average Bonchev–Trinajstić information content (AvgIpc) is 3.40. The van der Waals surface area contributed by atoms with E-state index < -0.39 is 6.04 Å². The standard InChI is InChI=1S/C29H26N2O3S/c1-21(32)23-14-16-25(17-15-23)31(27(33)19-26-13-8-18-35-26)28(24-11-6-3-7-12-24)29(34)30-20-22-9-4-2-5-10-22/h2-18,28H,19-20H2,1H3,(H,30,34). The Morgan fingerprint density at radius 1 is 0.829 bits per heavy atom. The number of benzene rings is 3. The van der Waals surface area contributed by atoms with Crippen molar-refractivity contribution in [3.05, 3.63) is 124 Å². The van der Waals surface area contributed by atoms with Crippen LogP contribution in [0.1, 0.15) is 39.3 Å². The number of anilines is 1. The number of carbonyl (C=O) groups is 3. The van der Waals surface area contributed by atoms with Crippen LogP contribution in [0.5, 0.6) is 0 Å². The van der Waals surface area contributed by atoms with Gasteiger partial charge in [0.1, 0.15) is 6.04 Å². The summed E-state index contributed by atoms with van der Waals surface area (Å²) in [5, 5.41) is 4.93. The van der Waals surface area contributed by atoms with Crippen molar-refractivity contribution in [3.63, 3.8) is 0 Å². The third-order valence-electron chi connectivity index (χ3n) is 5.66. The predicted octanol–water partition coefficient (Wildman–Crippen LogP) is 5.58. The van der Waals surface area contributed by atoms with Crippen molar-refractivity contribution in [2.24, 2.45) is 0 Å². The van der Waals surface area contributed by atoms with E-state index in [1.165, 1.54) is 18.3 Å². The van der Waals surface area contributed by atoms with Crippen molar-refractivity contribution in [3.8, 4) is 0 Å². The van der Waals surface area contributed by atoms with Crippen LogP contribution < -0.4 is 10.2 Å². The Hall–Kier alpha value is -4.03. The highest BCUT2D eigenvalue weighted by Gasteiger charge is 2.32. The molecule has 5 nitrogen and oxygen atoms in total. The van der Waals surface area contributed by atoms with Crippen LogP contribution in [0.25, 0.3) is 0 Å². The molecule has 0 saturated heterocycles. The molecule has 0 fully saturated rings. The number of Topliss-reactive ketones (excluding diaryl/α,β-unsaturated/α-hetero) is 1. The highest BCUT2D eigenvalue weighted by Crippen LogP contribution is 2.30. The van der Waals surface area contributed by atoms with E-state index in [1.54, 1.807) is 29.2 Å². The summed E-state index contributed by atoms with van der Waals surface area (Å²) < 4.78 is 0. The van der Waals surface area contributed by atoms with Gasteiger partial charge in [-0.05, 0) is 53.8 Å². The van der Waals surface area contributed by atoms with Crippen molar-refractivity contribution in [2.45, 2.75) is 25.9 Å². The smallest absolute Gasteiger partial charge is 0.248 e. The molecule has 35 heavy (non-hydrogen) atoms. The van der Waals surface area contributed by atoms with E-state index in [4.69, 9.17) is 0 Å². The molecule has 6 heteroatoms. The summed E-state index contributed by atoms with van der Waals surface area (Å²) in [6, 6.07) is 28.7. The molecule has 0 saturated carbocycles. The second-order valence-electron chi connectivity index (χ2n) is 8.14. The first-order valence-corrected chi connectivity index (χ1v) is 12.2. The summed E-state index contributed by atoms with van der Waals surface area (Å²) in [4.78, 5) is 41.6. The summed E-state index contributed by atoms with van der Waals surface area (Å²) >= 11 is 1.50. The fraction of sp³-hybridized carbons (Fsp3) is 0.138. The lowest BCUT2D eigenvalue weighted by atomic mass is 10.0. The number of nitrogens with one attached hydrogen (secondary N) is 1. The normalized spacial score (nSPS) is 11.5. The lowest BCUT2D eigenvalue weighted by Crippen LogP contribution is -2.44. The number of rotatable bonds is 9. The molecule has 1 heterocycles. The third kappa shape index (κ3) is 6.11. The molecule has 1 N–H and O–H groups in total. The summed E-state index contributed by atoms with van der Waals surface area (Å²) in [7, 11) is 0. The quantitative estimate of drug-likeness (QED) is 0.317. The first kappa shape index (κ1) is 24.1. The van der Waals surface area contributed by atoms with Gasteiger partial charge >= 0.3 is 0 Å². The number of nitrogens with zero attached hydrogens (tertiary/aromatic N) is 1. The van der Waals surface area contributed by atoms with E-state index in [9.17, 15) is 14.4 Å². The minimum Gasteiger partial charge on any atom is -0.350 e. The molecule has 0 bridgehead atoms. The van der Waals surface area contributed by atoms with Gasteiger partial charge < -0.3 is 5.32 Å². The zero-order valence-electron chi connectivity index (χ0n) is 19.4. The Morgan fingerprint density at radius 3 is 2.09 bits per heavy atom. The van der Waals surface area contributed by atoms with Crippen molar-refractivity contribution in [2.75, 3.05) is 4.90 Å². The van der Waals surface area contributed by atoms with E-state index in [1.807, 2.05) is 78.2 Å².